The number of hydrogen-bond donors (Lipinski definition) is 1. The number of thioether (sulfide) groups is 1. The van der Waals surface area contributed by atoms with Crippen molar-refractivity contribution in [2.75, 3.05) is 18.8 Å². The van der Waals surface area contributed by atoms with E-state index in [1.165, 1.54) is 0 Å². The van der Waals surface area contributed by atoms with Crippen LogP contribution in [0.5, 0.6) is 0 Å². The Bertz CT molecular complexity index is 776. The molecule has 0 bridgehead atoms. The van der Waals surface area contributed by atoms with Crippen LogP contribution in [0.3, 0.4) is 0 Å². The molecule has 23 heavy (non-hydrogen) atoms. The number of carbonyl (C=O) groups excluding carboxylic acids is 1. The number of nitrogens with zero attached hydrogens (tertiary/aromatic N) is 1. The highest BCUT2D eigenvalue weighted by atomic mass is 32.2. The van der Waals surface area contributed by atoms with Gasteiger partial charge in [-0.1, -0.05) is 18.2 Å². The second-order valence-electron chi connectivity index (χ2n) is 5.73. The van der Waals surface area contributed by atoms with Gasteiger partial charge in [0.25, 0.3) is 5.91 Å². The zero-order valence-electron chi connectivity index (χ0n) is 12.7. The molecule has 1 fully saturated rings. The number of hydrogen-bond acceptors (Lipinski definition) is 3. The van der Waals surface area contributed by atoms with Crippen molar-refractivity contribution >= 4 is 28.6 Å². The number of nitrogens with one attached hydrogen (secondary N) is 1. The average molecular weight is 326 g/mol. The van der Waals surface area contributed by atoms with Crippen molar-refractivity contribution in [2.45, 2.75) is 11.7 Å². The fourth-order valence-electron chi connectivity index (χ4n) is 3.03. The molecule has 0 saturated carbocycles. The van der Waals surface area contributed by atoms with Gasteiger partial charge in [0.15, 0.2) is 0 Å². The van der Waals surface area contributed by atoms with Crippen molar-refractivity contribution in [3.63, 3.8) is 0 Å². The van der Waals surface area contributed by atoms with Crippen molar-refractivity contribution in [2.24, 2.45) is 0 Å². The van der Waals surface area contributed by atoms with Crippen LogP contribution >= 0.6 is 11.8 Å². The van der Waals surface area contributed by atoms with E-state index in [2.05, 4.69) is 4.98 Å². The molecule has 3 heterocycles. The van der Waals surface area contributed by atoms with Crippen LogP contribution in [0.4, 0.5) is 0 Å². The number of amides is 1. The lowest BCUT2D eigenvalue weighted by molar-refractivity contribution is 0.0761. The number of fused-ring (bicyclic) bond motifs is 1. The molecule has 1 aliphatic heterocycles. The topological polar surface area (TPSA) is 49.2 Å². The van der Waals surface area contributed by atoms with Gasteiger partial charge in [-0.05, 0) is 30.7 Å². The molecule has 4 rings (SSSR count). The number of para-hydroxylation sites is 1. The third-order valence-corrected chi connectivity index (χ3v) is 5.54. The summed E-state index contributed by atoms with van der Waals surface area (Å²) in [6.07, 6.45) is 2.64. The number of aromatic amines is 1. The van der Waals surface area contributed by atoms with Gasteiger partial charge in [-0.2, -0.15) is 0 Å². The molecule has 5 heteroatoms. The van der Waals surface area contributed by atoms with Gasteiger partial charge in [-0.15, -0.1) is 11.8 Å². The summed E-state index contributed by atoms with van der Waals surface area (Å²) in [6.45, 7) is 1.53. The van der Waals surface area contributed by atoms with E-state index in [4.69, 9.17) is 4.42 Å². The number of H-pyrrole nitrogens is 1. The zero-order chi connectivity index (χ0) is 15.6. The smallest absolute Gasteiger partial charge is 0.270 e. The molecule has 1 atom stereocenters. The van der Waals surface area contributed by atoms with E-state index < -0.39 is 0 Å². The fourth-order valence-corrected chi connectivity index (χ4v) is 4.22. The summed E-state index contributed by atoms with van der Waals surface area (Å²) in [4.78, 5) is 18.0. The maximum absolute atomic E-state index is 12.8. The van der Waals surface area contributed by atoms with Crippen LogP contribution in [0.15, 0.2) is 53.1 Å². The Labute approximate surface area is 138 Å². The molecule has 2 aromatic heterocycles. The monoisotopic (exact) mass is 326 g/mol. The fraction of sp³-hybridized carbons (Fsp3) is 0.278. The van der Waals surface area contributed by atoms with Crippen molar-refractivity contribution in [3.05, 3.63) is 60.2 Å². The molecule has 0 radical (unpaired) electrons. The van der Waals surface area contributed by atoms with Gasteiger partial charge in [0.2, 0.25) is 0 Å². The molecule has 0 aliphatic carbocycles. The van der Waals surface area contributed by atoms with E-state index in [1.54, 1.807) is 6.26 Å². The summed E-state index contributed by atoms with van der Waals surface area (Å²) in [5.41, 5.74) is 1.68. The van der Waals surface area contributed by atoms with Crippen molar-refractivity contribution in [1.29, 1.82) is 0 Å². The van der Waals surface area contributed by atoms with Crippen LogP contribution in [-0.2, 0) is 0 Å². The molecule has 0 spiro atoms. The first kappa shape index (κ1) is 14.5. The molecule has 1 aliphatic rings. The van der Waals surface area contributed by atoms with Crippen molar-refractivity contribution in [3.8, 4) is 0 Å². The van der Waals surface area contributed by atoms with Crippen LogP contribution in [-0.4, -0.2) is 34.6 Å². The van der Waals surface area contributed by atoms with E-state index in [0.717, 1.165) is 41.9 Å². The normalized spacial score (nSPS) is 19.0. The van der Waals surface area contributed by atoms with Crippen molar-refractivity contribution in [1.82, 2.24) is 9.88 Å². The van der Waals surface area contributed by atoms with E-state index in [0.29, 0.717) is 10.9 Å². The second kappa shape index (κ2) is 6.16. The molecule has 1 aromatic carbocycles. The van der Waals surface area contributed by atoms with E-state index in [-0.39, 0.29) is 5.91 Å². The first-order chi connectivity index (χ1) is 11.3. The Morgan fingerprint density at radius 2 is 2.13 bits per heavy atom. The van der Waals surface area contributed by atoms with E-state index in [9.17, 15) is 4.79 Å². The Morgan fingerprint density at radius 1 is 1.22 bits per heavy atom. The Kier molecular flexibility index (Phi) is 3.87. The van der Waals surface area contributed by atoms with Gasteiger partial charge in [0.1, 0.15) is 11.5 Å². The highest BCUT2D eigenvalue weighted by molar-refractivity contribution is 7.99. The van der Waals surface area contributed by atoms with E-state index >= 15 is 0 Å². The Hall–Kier alpha value is -2.14. The SMILES string of the molecule is O=C(c1cc2ccccc2[nH]1)N1CCSC(c2ccco2)CC1. The maximum atomic E-state index is 12.8. The molecule has 1 saturated heterocycles. The van der Waals surface area contributed by atoms with Gasteiger partial charge in [0.05, 0.1) is 11.5 Å². The average Bonchev–Trinajstić information content (AvgIpc) is 3.19. The number of aromatic nitrogens is 1. The minimum absolute atomic E-state index is 0.0851. The van der Waals surface area contributed by atoms with Crippen LogP contribution in [0.1, 0.15) is 27.9 Å². The maximum Gasteiger partial charge on any atom is 0.270 e. The van der Waals surface area contributed by atoms with Gasteiger partial charge in [-0.25, -0.2) is 0 Å². The van der Waals surface area contributed by atoms with Crippen LogP contribution in [0, 0.1) is 0 Å². The number of rotatable bonds is 2. The van der Waals surface area contributed by atoms with Gasteiger partial charge < -0.3 is 14.3 Å². The zero-order valence-corrected chi connectivity index (χ0v) is 13.5. The molecular formula is C18H18N2O2S. The predicted molar refractivity (Wildman–Crippen MR) is 92.7 cm³/mol. The quantitative estimate of drug-likeness (QED) is 0.772. The summed E-state index contributed by atoms with van der Waals surface area (Å²) in [6, 6.07) is 13.9. The van der Waals surface area contributed by atoms with E-state index in [1.807, 2.05) is 59.1 Å². The first-order valence-electron chi connectivity index (χ1n) is 7.83. The van der Waals surface area contributed by atoms with Crippen LogP contribution in [0.2, 0.25) is 0 Å². The Morgan fingerprint density at radius 3 is 2.96 bits per heavy atom. The lowest BCUT2D eigenvalue weighted by Crippen LogP contribution is -2.33. The standard InChI is InChI=1S/C18H18N2O2S/c21-18(15-12-13-4-1-2-5-14(13)19-15)20-8-7-17(23-11-9-20)16-6-3-10-22-16/h1-6,10,12,17,19H,7-9,11H2. The summed E-state index contributed by atoms with van der Waals surface area (Å²) in [5.74, 6) is 2.02. The third kappa shape index (κ3) is 2.88. The lowest BCUT2D eigenvalue weighted by atomic mass is 10.2. The number of benzene rings is 1. The van der Waals surface area contributed by atoms with Gasteiger partial charge >= 0.3 is 0 Å². The highest BCUT2D eigenvalue weighted by Crippen LogP contribution is 2.34. The molecule has 4 nitrogen and oxygen atoms in total. The van der Waals surface area contributed by atoms with Gasteiger partial charge in [0, 0.05) is 29.7 Å². The minimum Gasteiger partial charge on any atom is -0.468 e. The van der Waals surface area contributed by atoms with Crippen LogP contribution in [0.25, 0.3) is 10.9 Å². The largest absolute Gasteiger partial charge is 0.468 e. The molecule has 1 N–H and O–H groups in total. The molecule has 1 unspecified atom stereocenters. The molecule has 1 amide bonds. The van der Waals surface area contributed by atoms with Gasteiger partial charge in [-0.3, -0.25) is 4.79 Å². The lowest BCUT2D eigenvalue weighted by Gasteiger charge is -2.19. The second-order valence-corrected chi connectivity index (χ2v) is 7.04. The summed E-state index contributed by atoms with van der Waals surface area (Å²) < 4.78 is 5.52. The highest BCUT2D eigenvalue weighted by Gasteiger charge is 2.24. The Balaban J connectivity index is 1.50. The predicted octanol–water partition coefficient (Wildman–Crippen LogP) is 4.08. The third-order valence-electron chi connectivity index (χ3n) is 4.25. The minimum atomic E-state index is 0.0851. The summed E-state index contributed by atoms with van der Waals surface area (Å²) >= 11 is 1.87. The number of carbonyl (C=O) groups is 1. The molecule has 118 valence electrons. The van der Waals surface area contributed by atoms with Crippen molar-refractivity contribution < 1.29 is 9.21 Å². The summed E-state index contributed by atoms with van der Waals surface area (Å²) in [5, 5.41) is 1.42. The molecular weight excluding hydrogens is 308 g/mol. The summed E-state index contributed by atoms with van der Waals surface area (Å²) in [7, 11) is 0. The van der Waals surface area contributed by atoms with Crippen LogP contribution < -0.4 is 0 Å². The first-order valence-corrected chi connectivity index (χ1v) is 8.88. The molecule has 3 aromatic rings. The number of furan rings is 1.